The Hall–Kier alpha value is -1.78. The van der Waals surface area contributed by atoms with Crippen molar-refractivity contribution < 1.29 is 27.0 Å². The standard InChI is InChI=1S/C12H11F4NO2/c13-10-4-3-9(2-1-5-17)11(8-10)18-6-7-19-12(14,15)16/h3-4,8H,5-7,17H2. The molecule has 0 bridgehead atoms. The minimum Gasteiger partial charge on any atom is -0.490 e. The molecule has 0 radical (unpaired) electrons. The molecule has 1 aromatic rings. The van der Waals surface area contributed by atoms with Crippen LogP contribution in [0.1, 0.15) is 5.56 Å². The van der Waals surface area contributed by atoms with Crippen molar-refractivity contribution in [1.29, 1.82) is 0 Å². The maximum absolute atomic E-state index is 13.0. The first-order valence-corrected chi connectivity index (χ1v) is 5.24. The number of halogens is 4. The molecule has 0 saturated carbocycles. The van der Waals surface area contributed by atoms with E-state index in [1.807, 2.05) is 0 Å². The van der Waals surface area contributed by atoms with Crippen LogP contribution in [0.4, 0.5) is 17.6 Å². The topological polar surface area (TPSA) is 44.5 Å². The zero-order valence-electron chi connectivity index (χ0n) is 9.76. The number of rotatable bonds is 4. The molecule has 104 valence electrons. The number of hydrogen-bond donors (Lipinski definition) is 1. The van der Waals surface area contributed by atoms with E-state index in [0.717, 1.165) is 6.07 Å². The zero-order chi connectivity index (χ0) is 14.3. The Morgan fingerprint density at radius 2 is 1.95 bits per heavy atom. The molecule has 0 fully saturated rings. The summed E-state index contributed by atoms with van der Waals surface area (Å²) >= 11 is 0. The first-order valence-electron chi connectivity index (χ1n) is 5.24. The maximum atomic E-state index is 13.0. The van der Waals surface area contributed by atoms with E-state index in [1.54, 1.807) is 0 Å². The lowest BCUT2D eigenvalue weighted by Gasteiger charge is -2.10. The van der Waals surface area contributed by atoms with Crippen LogP contribution < -0.4 is 10.5 Å². The monoisotopic (exact) mass is 277 g/mol. The predicted octanol–water partition coefficient (Wildman–Crippen LogP) is 2.05. The Kier molecular flexibility index (Phi) is 5.60. The minimum atomic E-state index is -4.71. The third-order valence-electron chi connectivity index (χ3n) is 1.88. The molecular weight excluding hydrogens is 266 g/mol. The summed E-state index contributed by atoms with van der Waals surface area (Å²) in [6.45, 7) is -0.960. The van der Waals surface area contributed by atoms with Gasteiger partial charge in [0.05, 0.1) is 18.7 Å². The highest BCUT2D eigenvalue weighted by Crippen LogP contribution is 2.20. The second-order valence-corrected chi connectivity index (χ2v) is 3.29. The Morgan fingerprint density at radius 1 is 1.21 bits per heavy atom. The van der Waals surface area contributed by atoms with Crippen molar-refractivity contribution in [3.05, 3.63) is 29.6 Å². The molecule has 0 aliphatic heterocycles. The van der Waals surface area contributed by atoms with Gasteiger partial charge in [0.2, 0.25) is 0 Å². The highest BCUT2D eigenvalue weighted by Gasteiger charge is 2.28. The van der Waals surface area contributed by atoms with Crippen LogP contribution in [-0.4, -0.2) is 26.1 Å². The van der Waals surface area contributed by atoms with Crippen molar-refractivity contribution in [2.45, 2.75) is 6.36 Å². The number of benzene rings is 1. The Morgan fingerprint density at radius 3 is 2.58 bits per heavy atom. The van der Waals surface area contributed by atoms with Gasteiger partial charge in [0.15, 0.2) is 0 Å². The third kappa shape index (κ3) is 6.08. The molecule has 2 N–H and O–H groups in total. The summed E-state index contributed by atoms with van der Waals surface area (Å²) in [5, 5.41) is 0. The summed E-state index contributed by atoms with van der Waals surface area (Å²) in [5.74, 6) is 4.64. The molecule has 19 heavy (non-hydrogen) atoms. The fourth-order valence-electron chi connectivity index (χ4n) is 1.17. The van der Waals surface area contributed by atoms with Gasteiger partial charge in [-0.2, -0.15) is 0 Å². The first-order chi connectivity index (χ1) is 8.92. The molecule has 0 aliphatic rings. The average molecular weight is 277 g/mol. The number of nitrogens with two attached hydrogens (primary N) is 1. The second kappa shape index (κ2) is 6.97. The smallest absolute Gasteiger partial charge is 0.490 e. The van der Waals surface area contributed by atoms with Gasteiger partial charge in [0, 0.05) is 6.07 Å². The first kappa shape index (κ1) is 15.3. The number of ether oxygens (including phenoxy) is 2. The van der Waals surface area contributed by atoms with E-state index in [2.05, 4.69) is 16.6 Å². The molecule has 7 heteroatoms. The molecule has 0 spiro atoms. The quantitative estimate of drug-likeness (QED) is 0.520. The largest absolute Gasteiger partial charge is 0.522 e. The lowest BCUT2D eigenvalue weighted by atomic mass is 10.2. The second-order valence-electron chi connectivity index (χ2n) is 3.29. The Labute approximate surface area is 107 Å². The van der Waals surface area contributed by atoms with Crippen LogP contribution in [0, 0.1) is 17.7 Å². The van der Waals surface area contributed by atoms with Crippen LogP contribution >= 0.6 is 0 Å². The molecule has 0 atom stereocenters. The molecule has 0 amide bonds. The van der Waals surface area contributed by atoms with E-state index in [1.165, 1.54) is 12.1 Å². The van der Waals surface area contributed by atoms with Crippen molar-refractivity contribution in [2.24, 2.45) is 5.73 Å². The highest BCUT2D eigenvalue weighted by atomic mass is 19.4. The van der Waals surface area contributed by atoms with Crippen molar-refractivity contribution >= 4 is 0 Å². The van der Waals surface area contributed by atoms with E-state index < -0.39 is 18.8 Å². The normalized spacial score (nSPS) is 10.8. The van der Waals surface area contributed by atoms with Gasteiger partial charge in [0.1, 0.15) is 18.2 Å². The number of alkyl halides is 3. The van der Waals surface area contributed by atoms with E-state index in [4.69, 9.17) is 10.5 Å². The van der Waals surface area contributed by atoms with Crippen LogP contribution in [-0.2, 0) is 4.74 Å². The lowest BCUT2D eigenvalue weighted by Crippen LogP contribution is -2.18. The summed E-state index contributed by atoms with van der Waals surface area (Å²) in [4.78, 5) is 0. The molecule has 0 heterocycles. The van der Waals surface area contributed by atoms with Crippen LogP contribution in [0.3, 0.4) is 0 Å². The Balaban J connectivity index is 2.63. The predicted molar refractivity (Wildman–Crippen MR) is 59.8 cm³/mol. The SMILES string of the molecule is NCC#Cc1ccc(F)cc1OCCOC(F)(F)F. The van der Waals surface area contributed by atoms with Crippen LogP contribution in [0.15, 0.2) is 18.2 Å². The molecule has 0 aromatic heterocycles. The van der Waals surface area contributed by atoms with Gasteiger partial charge in [-0.3, -0.25) is 4.74 Å². The van der Waals surface area contributed by atoms with Crippen LogP contribution in [0.5, 0.6) is 5.75 Å². The van der Waals surface area contributed by atoms with Crippen LogP contribution in [0.2, 0.25) is 0 Å². The van der Waals surface area contributed by atoms with Crippen LogP contribution in [0.25, 0.3) is 0 Å². The summed E-state index contributed by atoms with van der Waals surface area (Å²) in [6.07, 6.45) is -4.71. The molecule has 0 saturated heterocycles. The van der Waals surface area contributed by atoms with E-state index in [-0.39, 0.29) is 18.9 Å². The Bertz CT molecular complexity index is 477. The van der Waals surface area contributed by atoms with E-state index >= 15 is 0 Å². The van der Waals surface area contributed by atoms with Gasteiger partial charge in [-0.1, -0.05) is 11.8 Å². The molecule has 0 aliphatic carbocycles. The van der Waals surface area contributed by atoms with Gasteiger partial charge >= 0.3 is 6.36 Å². The van der Waals surface area contributed by atoms with Gasteiger partial charge in [-0.05, 0) is 12.1 Å². The summed E-state index contributed by atoms with van der Waals surface area (Å²) in [6, 6.07) is 3.56. The van der Waals surface area contributed by atoms with Gasteiger partial charge in [0.25, 0.3) is 0 Å². The van der Waals surface area contributed by atoms with E-state index in [0.29, 0.717) is 5.56 Å². The highest BCUT2D eigenvalue weighted by molar-refractivity contribution is 5.46. The minimum absolute atomic E-state index is 0.0479. The fraction of sp³-hybridized carbons (Fsp3) is 0.333. The zero-order valence-corrected chi connectivity index (χ0v) is 9.76. The lowest BCUT2D eigenvalue weighted by molar-refractivity contribution is -0.325. The maximum Gasteiger partial charge on any atom is 0.522 e. The van der Waals surface area contributed by atoms with E-state index in [9.17, 15) is 17.6 Å². The molecule has 3 nitrogen and oxygen atoms in total. The molecule has 1 aromatic carbocycles. The number of hydrogen-bond acceptors (Lipinski definition) is 3. The third-order valence-corrected chi connectivity index (χ3v) is 1.88. The van der Waals surface area contributed by atoms with Gasteiger partial charge in [-0.25, -0.2) is 4.39 Å². The fourth-order valence-corrected chi connectivity index (χ4v) is 1.17. The summed E-state index contributed by atoms with van der Waals surface area (Å²) in [5.41, 5.74) is 5.54. The van der Waals surface area contributed by atoms with Crippen molar-refractivity contribution in [3.63, 3.8) is 0 Å². The summed E-state index contributed by atoms with van der Waals surface area (Å²) in [7, 11) is 0. The van der Waals surface area contributed by atoms with Gasteiger partial charge in [-0.15, -0.1) is 13.2 Å². The molecule has 1 rings (SSSR count). The van der Waals surface area contributed by atoms with Gasteiger partial charge < -0.3 is 10.5 Å². The average Bonchev–Trinajstić information content (AvgIpc) is 2.32. The molecule has 0 unspecified atom stereocenters. The van der Waals surface area contributed by atoms with Crippen molar-refractivity contribution in [3.8, 4) is 17.6 Å². The summed E-state index contributed by atoms with van der Waals surface area (Å²) < 4.78 is 56.7. The van der Waals surface area contributed by atoms with Crippen molar-refractivity contribution in [1.82, 2.24) is 0 Å². The van der Waals surface area contributed by atoms with Crippen molar-refractivity contribution in [2.75, 3.05) is 19.8 Å². The molecular formula is C12H11F4NO2.